The second-order valence-electron chi connectivity index (χ2n) is 6.92. The van der Waals surface area contributed by atoms with Crippen LogP contribution >= 0.6 is 24.0 Å². The molecule has 0 fully saturated rings. The zero-order chi connectivity index (χ0) is 22.9. The van der Waals surface area contributed by atoms with Gasteiger partial charge >= 0.3 is 6.18 Å². The molecule has 0 radical (unpaired) electrons. The predicted molar refractivity (Wildman–Crippen MR) is 127 cm³/mol. The standard InChI is InChI=1S/C21H28F3N5O2.HI/c1-4-14(5-2)18-12-17(31-29-18)13-28-20(25-3)27-11-10-26-19(30)15-6-8-16(9-7-15)21(22,23)24;/h6-9,12,14H,4-5,10-11,13H2,1-3H3,(H,26,30)(H2,25,27,28);1H. The first-order valence-electron chi connectivity index (χ1n) is 10.1. The van der Waals surface area contributed by atoms with Gasteiger partial charge in [0.15, 0.2) is 11.7 Å². The molecule has 0 unspecified atom stereocenters. The summed E-state index contributed by atoms with van der Waals surface area (Å²) in [5.74, 6) is 1.14. The Morgan fingerprint density at radius 2 is 1.72 bits per heavy atom. The second kappa shape index (κ2) is 13.3. The third-order valence-electron chi connectivity index (χ3n) is 4.81. The molecule has 1 aromatic heterocycles. The van der Waals surface area contributed by atoms with Crippen molar-refractivity contribution in [2.24, 2.45) is 4.99 Å². The van der Waals surface area contributed by atoms with E-state index < -0.39 is 17.6 Å². The van der Waals surface area contributed by atoms with E-state index in [1.165, 1.54) is 0 Å². The number of hydrogen-bond acceptors (Lipinski definition) is 4. The number of alkyl halides is 3. The molecule has 0 saturated carbocycles. The number of carbonyl (C=O) groups excluding carboxylic acids is 1. The highest BCUT2D eigenvalue weighted by Crippen LogP contribution is 2.29. The minimum absolute atomic E-state index is 0. The maximum atomic E-state index is 12.6. The number of nitrogens with one attached hydrogen (secondary N) is 3. The minimum atomic E-state index is -4.43. The number of aromatic nitrogens is 1. The molecule has 0 aliphatic rings. The van der Waals surface area contributed by atoms with Crippen LogP contribution in [0.4, 0.5) is 13.2 Å². The number of benzene rings is 1. The molecule has 0 bridgehead atoms. The molecule has 0 saturated heterocycles. The van der Waals surface area contributed by atoms with Crippen LogP contribution in [0.5, 0.6) is 0 Å². The van der Waals surface area contributed by atoms with Gasteiger partial charge in [-0.05, 0) is 37.1 Å². The number of carbonyl (C=O) groups is 1. The third kappa shape index (κ3) is 8.32. The van der Waals surface area contributed by atoms with E-state index >= 15 is 0 Å². The van der Waals surface area contributed by atoms with Crippen molar-refractivity contribution in [3.63, 3.8) is 0 Å². The Labute approximate surface area is 202 Å². The van der Waals surface area contributed by atoms with Crippen molar-refractivity contribution in [1.82, 2.24) is 21.1 Å². The van der Waals surface area contributed by atoms with Gasteiger partial charge in [0.1, 0.15) is 0 Å². The van der Waals surface area contributed by atoms with Crippen molar-refractivity contribution in [3.8, 4) is 0 Å². The monoisotopic (exact) mass is 567 g/mol. The van der Waals surface area contributed by atoms with Gasteiger partial charge < -0.3 is 20.5 Å². The molecule has 1 aromatic carbocycles. The molecule has 1 heterocycles. The summed E-state index contributed by atoms with van der Waals surface area (Å²) in [4.78, 5) is 16.2. The molecule has 0 atom stereocenters. The van der Waals surface area contributed by atoms with Gasteiger partial charge in [0.25, 0.3) is 5.91 Å². The lowest BCUT2D eigenvalue weighted by Gasteiger charge is -2.12. The molecule has 7 nitrogen and oxygen atoms in total. The molecule has 11 heteroatoms. The van der Waals surface area contributed by atoms with Gasteiger partial charge in [0.05, 0.1) is 17.8 Å². The summed E-state index contributed by atoms with van der Waals surface area (Å²) in [5.41, 5.74) is 0.309. The van der Waals surface area contributed by atoms with Gasteiger partial charge in [-0.2, -0.15) is 13.2 Å². The summed E-state index contributed by atoms with van der Waals surface area (Å²) in [7, 11) is 1.62. The van der Waals surface area contributed by atoms with Crippen molar-refractivity contribution in [2.75, 3.05) is 20.1 Å². The number of aliphatic imine (C=N–C) groups is 1. The normalized spacial score (nSPS) is 11.8. The van der Waals surface area contributed by atoms with E-state index in [2.05, 4.69) is 39.9 Å². The molecule has 32 heavy (non-hydrogen) atoms. The van der Waals surface area contributed by atoms with Crippen LogP contribution in [0, 0.1) is 0 Å². The largest absolute Gasteiger partial charge is 0.416 e. The first-order valence-corrected chi connectivity index (χ1v) is 10.1. The van der Waals surface area contributed by atoms with E-state index in [1.54, 1.807) is 7.05 Å². The van der Waals surface area contributed by atoms with Crippen LogP contribution in [0.15, 0.2) is 39.8 Å². The van der Waals surface area contributed by atoms with Gasteiger partial charge in [0.2, 0.25) is 0 Å². The van der Waals surface area contributed by atoms with Crippen LogP contribution in [0.3, 0.4) is 0 Å². The van der Waals surface area contributed by atoms with E-state index in [-0.39, 0.29) is 36.1 Å². The van der Waals surface area contributed by atoms with Crippen molar-refractivity contribution in [3.05, 3.63) is 52.9 Å². The lowest BCUT2D eigenvalue weighted by atomic mass is 9.99. The van der Waals surface area contributed by atoms with Crippen LogP contribution in [-0.4, -0.2) is 37.2 Å². The molecule has 178 valence electrons. The Kier molecular flexibility index (Phi) is 11.5. The highest BCUT2D eigenvalue weighted by Gasteiger charge is 2.30. The maximum absolute atomic E-state index is 12.6. The first-order chi connectivity index (χ1) is 14.8. The predicted octanol–water partition coefficient (Wildman–Crippen LogP) is 4.31. The first kappa shape index (κ1) is 27.7. The summed E-state index contributed by atoms with van der Waals surface area (Å²) in [6.45, 7) is 5.28. The Balaban J connectivity index is 0.00000512. The quantitative estimate of drug-likeness (QED) is 0.182. The number of rotatable bonds is 9. The SMILES string of the molecule is CCC(CC)c1cc(CNC(=NC)NCCNC(=O)c2ccc(C(F)(F)F)cc2)on1.I. The maximum Gasteiger partial charge on any atom is 0.416 e. The zero-order valence-electron chi connectivity index (χ0n) is 18.3. The van der Waals surface area contributed by atoms with Crippen LogP contribution < -0.4 is 16.0 Å². The second-order valence-corrected chi connectivity index (χ2v) is 6.92. The van der Waals surface area contributed by atoms with Gasteiger partial charge in [-0.1, -0.05) is 19.0 Å². The fourth-order valence-corrected chi connectivity index (χ4v) is 2.97. The molecule has 2 rings (SSSR count). The number of guanidine groups is 1. The summed E-state index contributed by atoms with van der Waals surface area (Å²) >= 11 is 0. The molecular weight excluding hydrogens is 538 g/mol. The fourth-order valence-electron chi connectivity index (χ4n) is 2.97. The van der Waals surface area contributed by atoms with Crippen molar-refractivity contribution in [1.29, 1.82) is 0 Å². The van der Waals surface area contributed by atoms with Gasteiger partial charge in [0, 0.05) is 37.7 Å². The lowest BCUT2D eigenvalue weighted by molar-refractivity contribution is -0.137. The molecule has 2 aromatic rings. The smallest absolute Gasteiger partial charge is 0.359 e. The molecule has 0 aliphatic carbocycles. The van der Waals surface area contributed by atoms with E-state index in [4.69, 9.17) is 4.52 Å². The van der Waals surface area contributed by atoms with E-state index in [9.17, 15) is 18.0 Å². The lowest BCUT2D eigenvalue weighted by Crippen LogP contribution is -2.41. The summed E-state index contributed by atoms with van der Waals surface area (Å²) in [6, 6.07) is 6.01. The van der Waals surface area contributed by atoms with Crippen molar-refractivity contribution >= 4 is 35.8 Å². The summed E-state index contributed by atoms with van der Waals surface area (Å²) < 4.78 is 43.1. The van der Waals surface area contributed by atoms with Gasteiger partial charge in [-0.25, -0.2) is 0 Å². The van der Waals surface area contributed by atoms with Crippen LogP contribution in [0.25, 0.3) is 0 Å². The molecule has 0 spiro atoms. The zero-order valence-corrected chi connectivity index (χ0v) is 20.6. The number of hydrogen-bond donors (Lipinski definition) is 3. The Hall–Kier alpha value is -2.31. The van der Waals surface area contributed by atoms with Crippen molar-refractivity contribution in [2.45, 2.75) is 45.3 Å². The van der Waals surface area contributed by atoms with E-state index in [0.29, 0.717) is 30.7 Å². The highest BCUT2D eigenvalue weighted by atomic mass is 127. The van der Waals surface area contributed by atoms with Crippen LogP contribution in [0.1, 0.15) is 60.0 Å². The average Bonchev–Trinajstić information content (AvgIpc) is 3.22. The highest BCUT2D eigenvalue weighted by molar-refractivity contribution is 14.0. The number of nitrogens with zero attached hydrogens (tertiary/aromatic N) is 2. The molecule has 1 amide bonds. The Morgan fingerprint density at radius 1 is 1.09 bits per heavy atom. The number of halogens is 4. The molecule has 3 N–H and O–H groups in total. The van der Waals surface area contributed by atoms with Gasteiger partial charge in [-0.3, -0.25) is 9.79 Å². The Bertz CT molecular complexity index is 865. The van der Waals surface area contributed by atoms with Crippen molar-refractivity contribution < 1.29 is 22.5 Å². The molecular formula is C21H29F3IN5O2. The van der Waals surface area contributed by atoms with Crippen LogP contribution in [-0.2, 0) is 12.7 Å². The Morgan fingerprint density at radius 3 is 2.28 bits per heavy atom. The van der Waals surface area contributed by atoms with Gasteiger partial charge in [-0.15, -0.1) is 24.0 Å². The average molecular weight is 567 g/mol. The third-order valence-corrected chi connectivity index (χ3v) is 4.81. The summed E-state index contributed by atoms with van der Waals surface area (Å²) in [6.07, 6.45) is -2.43. The topological polar surface area (TPSA) is 91.6 Å². The number of amides is 1. The van der Waals surface area contributed by atoms with Crippen LogP contribution in [0.2, 0.25) is 0 Å². The molecule has 0 aliphatic heterocycles. The van der Waals surface area contributed by atoms with E-state index in [0.717, 1.165) is 42.8 Å². The fraction of sp³-hybridized carbons (Fsp3) is 0.476. The van der Waals surface area contributed by atoms with E-state index in [1.807, 2.05) is 6.07 Å². The summed E-state index contributed by atoms with van der Waals surface area (Å²) in [5, 5.41) is 12.9. The minimum Gasteiger partial charge on any atom is -0.359 e.